The molecule has 2 aromatic heterocycles. The molecule has 0 aliphatic heterocycles. The van der Waals surface area contributed by atoms with Crippen LogP contribution in [0.2, 0.25) is 0 Å². The third-order valence-electron chi connectivity index (χ3n) is 2.69. The highest BCUT2D eigenvalue weighted by Gasteiger charge is 2.05. The van der Waals surface area contributed by atoms with Gasteiger partial charge >= 0.3 is 0 Å². The molecule has 0 spiro atoms. The number of hydrogen-bond acceptors (Lipinski definition) is 4. The molecule has 5 heteroatoms. The van der Waals surface area contributed by atoms with Gasteiger partial charge in [0.1, 0.15) is 12.2 Å². The maximum absolute atomic E-state index is 5.87. The number of hydrogen-bond donors (Lipinski definition) is 1. The van der Waals surface area contributed by atoms with Gasteiger partial charge in [-0.25, -0.2) is 4.98 Å². The normalized spacial score (nSPS) is 10.6. The molecular formula is C12H17N5. The van der Waals surface area contributed by atoms with E-state index in [0.29, 0.717) is 0 Å². The van der Waals surface area contributed by atoms with E-state index >= 15 is 0 Å². The first kappa shape index (κ1) is 11.6. The van der Waals surface area contributed by atoms with Gasteiger partial charge in [-0.2, -0.15) is 5.10 Å². The largest absolute Gasteiger partial charge is 0.398 e. The minimum atomic E-state index is 0.793. The minimum absolute atomic E-state index is 0.793. The van der Waals surface area contributed by atoms with Crippen LogP contribution in [-0.4, -0.2) is 19.7 Å². The predicted octanol–water partition coefficient (Wildman–Crippen LogP) is 1.45. The molecule has 0 radical (unpaired) electrons. The molecule has 0 aromatic carbocycles. The summed E-state index contributed by atoms with van der Waals surface area (Å²) in [5.41, 5.74) is 7.74. The first-order valence-electron chi connectivity index (χ1n) is 5.86. The third kappa shape index (κ3) is 2.81. The second-order valence-electron chi connectivity index (χ2n) is 3.97. The van der Waals surface area contributed by atoms with Crippen LogP contribution in [0.25, 0.3) is 0 Å². The summed E-state index contributed by atoms with van der Waals surface area (Å²) in [5, 5.41) is 4.20. The number of rotatable bonds is 5. The quantitative estimate of drug-likeness (QED) is 0.845. The van der Waals surface area contributed by atoms with Crippen LogP contribution in [0.1, 0.15) is 24.7 Å². The molecule has 2 aromatic rings. The van der Waals surface area contributed by atoms with Crippen molar-refractivity contribution in [3.8, 4) is 0 Å². The maximum Gasteiger partial charge on any atom is 0.138 e. The molecule has 0 fully saturated rings. The molecule has 2 rings (SSSR count). The van der Waals surface area contributed by atoms with Gasteiger partial charge in [0.2, 0.25) is 0 Å². The first-order chi connectivity index (χ1) is 8.31. The van der Waals surface area contributed by atoms with E-state index in [1.54, 1.807) is 12.5 Å². The van der Waals surface area contributed by atoms with Gasteiger partial charge in [0.05, 0.1) is 0 Å². The Labute approximate surface area is 101 Å². The van der Waals surface area contributed by atoms with Crippen LogP contribution in [0.15, 0.2) is 24.8 Å². The molecular weight excluding hydrogens is 214 g/mol. The summed E-state index contributed by atoms with van der Waals surface area (Å²) in [6.07, 6.45) is 7.88. The zero-order chi connectivity index (χ0) is 12.1. The van der Waals surface area contributed by atoms with Gasteiger partial charge in [0.25, 0.3) is 0 Å². The van der Waals surface area contributed by atoms with Crippen LogP contribution in [-0.2, 0) is 19.4 Å². The zero-order valence-corrected chi connectivity index (χ0v) is 10.0. The Hall–Kier alpha value is -1.91. The van der Waals surface area contributed by atoms with Crippen LogP contribution < -0.4 is 5.73 Å². The summed E-state index contributed by atoms with van der Waals surface area (Å²) >= 11 is 0. The Balaban J connectivity index is 2.02. The van der Waals surface area contributed by atoms with Crippen molar-refractivity contribution in [2.75, 3.05) is 5.73 Å². The molecule has 90 valence electrons. The minimum Gasteiger partial charge on any atom is -0.398 e. The second kappa shape index (κ2) is 5.43. The van der Waals surface area contributed by atoms with Crippen LogP contribution >= 0.6 is 0 Å². The number of nitrogens with two attached hydrogens (primary N) is 1. The summed E-state index contributed by atoms with van der Waals surface area (Å²) in [4.78, 5) is 8.35. The maximum atomic E-state index is 5.87. The van der Waals surface area contributed by atoms with Crippen molar-refractivity contribution in [2.24, 2.45) is 0 Å². The summed E-state index contributed by atoms with van der Waals surface area (Å²) in [7, 11) is 0. The highest BCUT2D eigenvalue weighted by molar-refractivity contribution is 5.44. The number of nitrogen functional groups attached to an aromatic ring is 1. The van der Waals surface area contributed by atoms with Gasteiger partial charge in [0, 0.05) is 31.0 Å². The topological polar surface area (TPSA) is 69.6 Å². The first-order valence-corrected chi connectivity index (χ1v) is 5.86. The lowest BCUT2D eigenvalue weighted by atomic mass is 10.1. The van der Waals surface area contributed by atoms with Gasteiger partial charge in [-0.15, -0.1) is 0 Å². The average molecular weight is 231 g/mol. The molecule has 0 saturated carbocycles. The second-order valence-corrected chi connectivity index (χ2v) is 3.97. The lowest BCUT2D eigenvalue weighted by Crippen LogP contribution is -2.07. The summed E-state index contributed by atoms with van der Waals surface area (Å²) < 4.78 is 1.95. The molecule has 2 heterocycles. The van der Waals surface area contributed by atoms with E-state index in [9.17, 15) is 0 Å². The van der Waals surface area contributed by atoms with Gasteiger partial charge in [-0.1, -0.05) is 6.92 Å². The van der Waals surface area contributed by atoms with Gasteiger partial charge in [0.15, 0.2) is 0 Å². The summed E-state index contributed by atoms with van der Waals surface area (Å²) in [6.45, 7) is 3.04. The highest BCUT2D eigenvalue weighted by atomic mass is 15.3. The standard InChI is InChI=1S/C12H17N5/c1-2-7-17-12(15-9-16-17)4-3-10-8-14-6-5-11(10)13/h5-6,8-9H,2-4,7H2,1H3,(H2,13,14). The van der Waals surface area contributed by atoms with Crippen molar-refractivity contribution in [3.63, 3.8) is 0 Å². The molecule has 0 bridgehead atoms. The molecule has 0 atom stereocenters. The van der Waals surface area contributed by atoms with Gasteiger partial charge in [-0.05, 0) is 24.5 Å². The lowest BCUT2D eigenvalue weighted by Gasteiger charge is -2.06. The monoisotopic (exact) mass is 231 g/mol. The smallest absolute Gasteiger partial charge is 0.138 e. The fourth-order valence-electron chi connectivity index (χ4n) is 1.77. The average Bonchev–Trinajstić information content (AvgIpc) is 2.76. The van der Waals surface area contributed by atoms with Crippen LogP contribution in [0.3, 0.4) is 0 Å². The van der Waals surface area contributed by atoms with E-state index < -0.39 is 0 Å². The van der Waals surface area contributed by atoms with E-state index in [0.717, 1.165) is 42.9 Å². The zero-order valence-electron chi connectivity index (χ0n) is 10.0. The molecule has 5 nitrogen and oxygen atoms in total. The lowest BCUT2D eigenvalue weighted by molar-refractivity contribution is 0.567. The fourth-order valence-corrected chi connectivity index (χ4v) is 1.77. The molecule has 0 aliphatic rings. The Bertz CT molecular complexity index is 477. The Kier molecular flexibility index (Phi) is 3.69. The van der Waals surface area contributed by atoms with E-state index in [4.69, 9.17) is 5.73 Å². The van der Waals surface area contributed by atoms with E-state index in [-0.39, 0.29) is 0 Å². The van der Waals surface area contributed by atoms with Crippen LogP contribution in [0.4, 0.5) is 5.69 Å². The van der Waals surface area contributed by atoms with E-state index in [1.165, 1.54) is 0 Å². The van der Waals surface area contributed by atoms with Crippen LogP contribution in [0.5, 0.6) is 0 Å². The van der Waals surface area contributed by atoms with Crippen molar-refractivity contribution in [1.29, 1.82) is 0 Å². The van der Waals surface area contributed by atoms with Gasteiger partial charge < -0.3 is 5.73 Å². The SMILES string of the molecule is CCCn1ncnc1CCc1cnccc1N. The predicted molar refractivity (Wildman–Crippen MR) is 66.4 cm³/mol. The molecule has 0 unspecified atom stereocenters. The number of nitrogens with zero attached hydrogens (tertiary/aromatic N) is 4. The Morgan fingerprint density at radius 2 is 2.24 bits per heavy atom. The van der Waals surface area contributed by atoms with E-state index in [2.05, 4.69) is 22.0 Å². The Morgan fingerprint density at radius 3 is 3.00 bits per heavy atom. The molecule has 2 N–H and O–H groups in total. The number of aromatic nitrogens is 4. The van der Waals surface area contributed by atoms with Crippen molar-refractivity contribution < 1.29 is 0 Å². The number of aryl methyl sites for hydroxylation is 3. The van der Waals surface area contributed by atoms with Gasteiger partial charge in [-0.3, -0.25) is 9.67 Å². The molecule has 0 amide bonds. The summed E-state index contributed by atoms with van der Waals surface area (Å²) in [5.74, 6) is 1.01. The molecule has 0 saturated heterocycles. The fraction of sp³-hybridized carbons (Fsp3) is 0.417. The summed E-state index contributed by atoms with van der Waals surface area (Å²) in [6, 6.07) is 1.83. The third-order valence-corrected chi connectivity index (χ3v) is 2.69. The van der Waals surface area contributed by atoms with Crippen molar-refractivity contribution >= 4 is 5.69 Å². The molecule has 0 aliphatic carbocycles. The number of anilines is 1. The van der Waals surface area contributed by atoms with Crippen molar-refractivity contribution in [2.45, 2.75) is 32.7 Å². The van der Waals surface area contributed by atoms with Crippen LogP contribution in [0, 0.1) is 0 Å². The molecule has 17 heavy (non-hydrogen) atoms. The highest BCUT2D eigenvalue weighted by Crippen LogP contribution is 2.11. The van der Waals surface area contributed by atoms with Crippen molar-refractivity contribution in [1.82, 2.24) is 19.7 Å². The van der Waals surface area contributed by atoms with E-state index in [1.807, 2.05) is 16.9 Å². The van der Waals surface area contributed by atoms with Crippen molar-refractivity contribution in [3.05, 3.63) is 36.2 Å². The number of pyridine rings is 1. The Morgan fingerprint density at radius 1 is 1.35 bits per heavy atom.